The first-order valence-electron chi connectivity index (χ1n) is 11.3. The highest BCUT2D eigenvalue weighted by atomic mass is 127. The molecule has 3 nitrogen and oxygen atoms in total. The van der Waals surface area contributed by atoms with Crippen LogP contribution in [0.25, 0.3) is 0 Å². The number of amides is 1. The Morgan fingerprint density at radius 1 is 1.12 bits per heavy atom. The van der Waals surface area contributed by atoms with Crippen LogP contribution in [0.5, 0.6) is 5.75 Å². The van der Waals surface area contributed by atoms with E-state index < -0.39 is 9.05 Å². The molecule has 1 rings (SSSR count). The summed E-state index contributed by atoms with van der Waals surface area (Å²) in [5.74, 6) is 1.01. The molecular formula is C23H32Cl3F2I2NO2S. The number of benzene rings is 1. The van der Waals surface area contributed by atoms with E-state index in [-0.39, 0.29) is 29.2 Å². The molecule has 0 aliphatic rings. The fraction of sp³-hybridized carbons (Fsp3) is 0.696. The zero-order valence-electron chi connectivity index (χ0n) is 19.6. The van der Waals surface area contributed by atoms with Crippen molar-refractivity contribution in [3.8, 4) is 5.75 Å². The molecule has 0 fully saturated rings. The first-order chi connectivity index (χ1) is 15.8. The molecule has 0 spiro atoms. The van der Waals surface area contributed by atoms with Gasteiger partial charge in [0.2, 0.25) is 5.91 Å². The standard InChI is InChI=1S/C23H32Cl3F2I2NO2S/c1-4-5-6-11-31(12-7-9-16(2)3)20(32)10-8-13-33-19-15-17(29)14-18(30)21(19)34-23(27,28)22(24,25)26/h14-16H,4-13H2,1-3H3. The van der Waals surface area contributed by atoms with Crippen molar-refractivity contribution in [2.75, 3.05) is 19.7 Å². The molecule has 0 aliphatic carbocycles. The molecule has 0 aliphatic heterocycles. The number of hydrogen-bond donors (Lipinski definition) is 0. The predicted molar refractivity (Wildman–Crippen MR) is 158 cm³/mol. The fourth-order valence-electron chi connectivity index (χ4n) is 3.10. The molecule has 0 unspecified atom stereocenters. The molecule has 1 aromatic carbocycles. The molecule has 0 bridgehead atoms. The van der Waals surface area contributed by atoms with E-state index in [0.717, 1.165) is 48.8 Å². The maximum absolute atomic E-state index is 14.4. The van der Waals surface area contributed by atoms with E-state index in [2.05, 4.69) is 43.4 Å². The van der Waals surface area contributed by atoms with E-state index in [1.54, 1.807) is 12.1 Å². The Hall–Kier alpha value is 1.03. The third-order valence-electron chi connectivity index (χ3n) is 4.92. The second-order valence-corrected chi connectivity index (χ2v) is 14.2. The minimum atomic E-state index is -3.65. The van der Waals surface area contributed by atoms with Gasteiger partial charge in [-0.15, -0.1) is 0 Å². The average Bonchev–Trinajstić information content (AvgIpc) is 2.71. The molecule has 1 amide bonds. The molecular weight excluding hydrogens is 752 g/mol. The zero-order valence-corrected chi connectivity index (χ0v) is 27.0. The molecule has 34 heavy (non-hydrogen) atoms. The third kappa shape index (κ3) is 12.0. The fourth-order valence-corrected chi connectivity index (χ4v) is 6.31. The van der Waals surface area contributed by atoms with Crippen LogP contribution in [0.1, 0.15) is 65.7 Å². The summed E-state index contributed by atoms with van der Waals surface area (Å²) in [5, 5.41) is -3.65. The summed E-state index contributed by atoms with van der Waals surface area (Å²) in [6.45, 7) is 8.27. The maximum atomic E-state index is 14.4. The number of unbranched alkanes of at least 4 members (excludes halogenated alkanes) is 2. The number of rotatable bonds is 15. The average molecular weight is 785 g/mol. The topological polar surface area (TPSA) is 29.5 Å². The van der Waals surface area contributed by atoms with Crippen LogP contribution in [0.4, 0.5) is 8.78 Å². The summed E-state index contributed by atoms with van der Waals surface area (Å²) in [5.41, 5.74) is 0. The van der Waals surface area contributed by atoms with Crippen molar-refractivity contribution in [1.82, 2.24) is 4.90 Å². The largest absolute Gasteiger partial charge is 0.492 e. The van der Waals surface area contributed by atoms with Gasteiger partial charge in [-0.05, 0) is 101 Å². The van der Waals surface area contributed by atoms with E-state index in [1.165, 1.54) is 0 Å². The number of alkyl halides is 5. The van der Waals surface area contributed by atoms with Gasteiger partial charge in [0.05, 0.1) is 11.5 Å². The van der Waals surface area contributed by atoms with Gasteiger partial charge in [-0.1, -0.05) is 68.4 Å². The molecule has 1 aromatic rings. The van der Waals surface area contributed by atoms with Crippen molar-refractivity contribution in [2.45, 2.75) is 79.7 Å². The van der Waals surface area contributed by atoms with E-state index >= 15 is 0 Å². The molecule has 0 aromatic heterocycles. The molecule has 0 heterocycles. The SMILES string of the molecule is CCCCCN(CCCC(C)C)C(=O)CCCOc1cc(I)cc(I)c1SC(F)(F)C(Cl)(Cl)Cl. The minimum Gasteiger partial charge on any atom is -0.492 e. The highest BCUT2D eigenvalue weighted by molar-refractivity contribution is 14.1. The molecule has 0 saturated heterocycles. The van der Waals surface area contributed by atoms with Crippen molar-refractivity contribution < 1.29 is 18.3 Å². The first-order valence-corrected chi connectivity index (χ1v) is 15.4. The van der Waals surface area contributed by atoms with Crippen molar-refractivity contribution in [3.63, 3.8) is 0 Å². The monoisotopic (exact) mass is 783 g/mol. The molecule has 11 heteroatoms. The van der Waals surface area contributed by atoms with Crippen LogP contribution >= 0.6 is 91.7 Å². The van der Waals surface area contributed by atoms with Gasteiger partial charge in [-0.25, -0.2) is 0 Å². The number of thioether (sulfide) groups is 1. The highest BCUT2D eigenvalue weighted by Crippen LogP contribution is 2.54. The van der Waals surface area contributed by atoms with Gasteiger partial charge in [-0.2, -0.15) is 8.78 Å². The van der Waals surface area contributed by atoms with Crippen LogP contribution in [0.15, 0.2) is 17.0 Å². The smallest absolute Gasteiger partial charge is 0.344 e. The van der Waals surface area contributed by atoms with E-state index in [1.807, 2.05) is 27.5 Å². The predicted octanol–water partition coefficient (Wildman–Crippen LogP) is 9.56. The Morgan fingerprint density at radius 3 is 2.35 bits per heavy atom. The second kappa shape index (κ2) is 16.1. The van der Waals surface area contributed by atoms with Crippen molar-refractivity contribution in [3.05, 3.63) is 19.3 Å². The summed E-state index contributed by atoms with van der Waals surface area (Å²) in [4.78, 5) is 15.0. The van der Waals surface area contributed by atoms with Crippen molar-refractivity contribution in [2.24, 2.45) is 5.92 Å². The van der Waals surface area contributed by atoms with Crippen LogP contribution in [0, 0.1) is 13.1 Å². The van der Waals surface area contributed by atoms with Crippen molar-refractivity contribution >= 4 is 97.7 Å². The van der Waals surface area contributed by atoms with Gasteiger partial charge in [0, 0.05) is 26.7 Å². The lowest BCUT2D eigenvalue weighted by Crippen LogP contribution is -2.33. The Bertz CT molecular complexity index is 783. The lowest BCUT2D eigenvalue weighted by atomic mass is 10.1. The number of halogens is 7. The van der Waals surface area contributed by atoms with Gasteiger partial charge < -0.3 is 9.64 Å². The number of carbonyl (C=O) groups excluding carboxylic acids is 1. The number of nitrogens with zero attached hydrogens (tertiary/aromatic N) is 1. The summed E-state index contributed by atoms with van der Waals surface area (Å²) in [6.07, 6.45) is 6.12. The Morgan fingerprint density at radius 2 is 1.76 bits per heavy atom. The highest BCUT2D eigenvalue weighted by Gasteiger charge is 2.52. The molecule has 0 N–H and O–H groups in total. The maximum Gasteiger partial charge on any atom is 0.344 e. The summed E-state index contributed by atoms with van der Waals surface area (Å²) >= 11 is 20.6. The van der Waals surface area contributed by atoms with Crippen molar-refractivity contribution in [1.29, 1.82) is 0 Å². The van der Waals surface area contributed by atoms with Gasteiger partial charge in [0.25, 0.3) is 3.79 Å². The second-order valence-electron chi connectivity index (χ2n) is 8.41. The molecule has 0 atom stereocenters. The van der Waals surface area contributed by atoms with Crippen LogP contribution in [-0.2, 0) is 4.79 Å². The summed E-state index contributed by atoms with van der Waals surface area (Å²) in [7, 11) is 0. The lowest BCUT2D eigenvalue weighted by Gasteiger charge is -2.25. The van der Waals surface area contributed by atoms with Gasteiger partial charge >= 0.3 is 5.25 Å². The van der Waals surface area contributed by atoms with E-state index in [9.17, 15) is 13.6 Å². The number of hydrogen-bond acceptors (Lipinski definition) is 3. The normalized spacial score (nSPS) is 12.3. The number of ether oxygens (including phenoxy) is 1. The van der Waals surface area contributed by atoms with E-state index in [0.29, 0.717) is 28.1 Å². The first kappa shape index (κ1) is 33.1. The molecule has 0 radical (unpaired) electrons. The molecule has 196 valence electrons. The Labute approximate surface area is 249 Å². The Balaban J connectivity index is 2.75. The van der Waals surface area contributed by atoms with Crippen LogP contribution in [0.3, 0.4) is 0 Å². The van der Waals surface area contributed by atoms with Crippen LogP contribution in [0.2, 0.25) is 0 Å². The summed E-state index contributed by atoms with van der Waals surface area (Å²) < 4.78 is 33.3. The van der Waals surface area contributed by atoms with Crippen LogP contribution < -0.4 is 4.74 Å². The lowest BCUT2D eigenvalue weighted by molar-refractivity contribution is -0.131. The van der Waals surface area contributed by atoms with Crippen LogP contribution in [-0.4, -0.2) is 39.6 Å². The van der Waals surface area contributed by atoms with Gasteiger partial charge in [-0.3, -0.25) is 4.79 Å². The summed E-state index contributed by atoms with van der Waals surface area (Å²) in [6, 6.07) is 3.42. The molecule has 0 saturated carbocycles. The minimum absolute atomic E-state index is 0.109. The zero-order chi connectivity index (χ0) is 25.9. The number of carbonyl (C=O) groups is 1. The Kier molecular flexibility index (Phi) is 15.6. The van der Waals surface area contributed by atoms with Gasteiger partial charge in [0.15, 0.2) is 0 Å². The van der Waals surface area contributed by atoms with Gasteiger partial charge in [0.1, 0.15) is 5.75 Å². The van der Waals surface area contributed by atoms with E-state index in [4.69, 9.17) is 39.5 Å². The quantitative estimate of drug-likeness (QED) is 0.0769. The third-order valence-corrected chi connectivity index (χ3v) is 9.00.